The number of methoxy groups -OCH3 is 1. The van der Waals surface area contributed by atoms with Gasteiger partial charge in [-0.1, -0.05) is 15.9 Å². The molecule has 1 fully saturated rings. The zero-order chi connectivity index (χ0) is 13.7. The Kier molecular flexibility index (Phi) is 5.63. The van der Waals surface area contributed by atoms with Crippen molar-refractivity contribution in [2.75, 3.05) is 26.8 Å². The van der Waals surface area contributed by atoms with Gasteiger partial charge in [0.05, 0.1) is 32.5 Å². The molecular formula is C14H20BrNO3. The minimum atomic E-state index is 0.133. The van der Waals surface area contributed by atoms with Gasteiger partial charge >= 0.3 is 0 Å². The number of hydrogen-bond donors (Lipinski definition) is 1. The topological polar surface area (TPSA) is 39.7 Å². The Hall–Kier alpha value is -0.620. The van der Waals surface area contributed by atoms with E-state index in [-0.39, 0.29) is 12.2 Å². The zero-order valence-corrected chi connectivity index (χ0v) is 12.9. The molecule has 0 amide bonds. The Balaban J connectivity index is 1.81. The van der Waals surface area contributed by atoms with Crippen molar-refractivity contribution in [2.24, 2.45) is 0 Å². The predicted octanol–water partition coefficient (Wildman–Crippen LogP) is 2.35. The fraction of sp³-hybridized carbons (Fsp3) is 0.571. The number of ether oxygens (including phenoxy) is 3. The first-order valence-corrected chi connectivity index (χ1v) is 7.24. The lowest BCUT2D eigenvalue weighted by Crippen LogP contribution is -2.45. The molecule has 0 bridgehead atoms. The second-order valence-corrected chi connectivity index (χ2v) is 5.55. The van der Waals surface area contributed by atoms with Crippen molar-refractivity contribution in [3.63, 3.8) is 0 Å². The summed E-state index contributed by atoms with van der Waals surface area (Å²) < 4.78 is 17.8. The van der Waals surface area contributed by atoms with Crippen molar-refractivity contribution in [1.82, 2.24) is 5.32 Å². The Morgan fingerprint density at radius 1 is 1.42 bits per heavy atom. The molecule has 106 valence electrons. The van der Waals surface area contributed by atoms with Gasteiger partial charge in [-0.3, -0.25) is 0 Å². The Morgan fingerprint density at radius 2 is 2.26 bits per heavy atom. The third-order valence-corrected chi connectivity index (χ3v) is 3.82. The maximum absolute atomic E-state index is 5.78. The van der Waals surface area contributed by atoms with Gasteiger partial charge in [-0.05, 0) is 30.7 Å². The van der Waals surface area contributed by atoms with Gasteiger partial charge in [-0.15, -0.1) is 0 Å². The average Bonchev–Trinajstić information content (AvgIpc) is 2.41. The van der Waals surface area contributed by atoms with Crippen LogP contribution in [0.3, 0.4) is 0 Å². The van der Waals surface area contributed by atoms with Gasteiger partial charge < -0.3 is 19.5 Å². The van der Waals surface area contributed by atoms with Crippen LogP contribution in [0.2, 0.25) is 0 Å². The molecule has 2 unspecified atom stereocenters. The van der Waals surface area contributed by atoms with Crippen molar-refractivity contribution in [3.05, 3.63) is 28.2 Å². The maximum atomic E-state index is 5.78. The normalized spacial score (nSPS) is 23.3. The van der Waals surface area contributed by atoms with Gasteiger partial charge in [-0.25, -0.2) is 0 Å². The van der Waals surface area contributed by atoms with Gasteiger partial charge in [0, 0.05) is 17.6 Å². The monoisotopic (exact) mass is 329 g/mol. The molecule has 0 spiro atoms. The highest BCUT2D eigenvalue weighted by Gasteiger charge is 2.18. The minimum absolute atomic E-state index is 0.133. The standard InChI is InChI=1S/C14H20BrNO3/c1-10-6-16-7-13(19-10)9-18-8-11-5-12(17-2)3-4-14(11)15/h3-5,10,13,16H,6-9H2,1-2H3. The molecule has 5 heteroatoms. The first-order valence-electron chi connectivity index (χ1n) is 6.45. The van der Waals surface area contributed by atoms with E-state index in [4.69, 9.17) is 14.2 Å². The van der Waals surface area contributed by atoms with Crippen LogP contribution in [0, 0.1) is 0 Å². The Bertz CT molecular complexity index is 414. The Morgan fingerprint density at radius 3 is 3.00 bits per heavy atom. The van der Waals surface area contributed by atoms with Crippen LogP contribution >= 0.6 is 15.9 Å². The molecule has 4 nitrogen and oxygen atoms in total. The number of hydrogen-bond acceptors (Lipinski definition) is 4. The fourth-order valence-corrected chi connectivity index (χ4v) is 2.42. The second kappa shape index (κ2) is 7.24. The predicted molar refractivity (Wildman–Crippen MR) is 77.6 cm³/mol. The summed E-state index contributed by atoms with van der Waals surface area (Å²) in [6.45, 7) is 4.98. The Labute approximate surface area is 122 Å². The van der Waals surface area contributed by atoms with Crippen LogP contribution < -0.4 is 10.1 Å². The summed E-state index contributed by atoms with van der Waals surface area (Å²) in [5.74, 6) is 0.839. The summed E-state index contributed by atoms with van der Waals surface area (Å²) >= 11 is 3.52. The van der Waals surface area contributed by atoms with Gasteiger partial charge in [0.15, 0.2) is 0 Å². The zero-order valence-electron chi connectivity index (χ0n) is 11.3. The summed E-state index contributed by atoms with van der Waals surface area (Å²) in [6.07, 6.45) is 0.388. The molecule has 0 aromatic heterocycles. The maximum Gasteiger partial charge on any atom is 0.119 e. The molecule has 0 aliphatic carbocycles. The molecule has 0 saturated carbocycles. The van der Waals surface area contributed by atoms with Gasteiger partial charge in [0.25, 0.3) is 0 Å². The molecule has 2 atom stereocenters. The summed E-state index contributed by atoms with van der Waals surface area (Å²) in [6, 6.07) is 5.87. The van der Waals surface area contributed by atoms with E-state index >= 15 is 0 Å². The van der Waals surface area contributed by atoms with Crippen LogP contribution in [0.25, 0.3) is 0 Å². The molecule has 19 heavy (non-hydrogen) atoms. The molecule has 1 aromatic carbocycles. The first-order chi connectivity index (χ1) is 9.19. The quantitative estimate of drug-likeness (QED) is 0.900. The van der Waals surface area contributed by atoms with Crippen LogP contribution in [-0.2, 0) is 16.1 Å². The van der Waals surface area contributed by atoms with Crippen molar-refractivity contribution in [1.29, 1.82) is 0 Å². The largest absolute Gasteiger partial charge is 0.497 e. The highest BCUT2D eigenvalue weighted by Crippen LogP contribution is 2.23. The molecule has 1 aliphatic heterocycles. The lowest BCUT2D eigenvalue weighted by Gasteiger charge is -2.28. The third kappa shape index (κ3) is 4.45. The molecule has 1 saturated heterocycles. The molecule has 1 aromatic rings. The highest BCUT2D eigenvalue weighted by atomic mass is 79.9. The number of morpholine rings is 1. The van der Waals surface area contributed by atoms with Gasteiger partial charge in [-0.2, -0.15) is 0 Å². The van der Waals surface area contributed by atoms with E-state index in [0.29, 0.717) is 13.2 Å². The second-order valence-electron chi connectivity index (χ2n) is 4.70. The summed E-state index contributed by atoms with van der Waals surface area (Å²) in [5, 5.41) is 3.33. The van der Waals surface area contributed by atoms with Crippen molar-refractivity contribution >= 4 is 15.9 Å². The summed E-state index contributed by atoms with van der Waals surface area (Å²) in [5.41, 5.74) is 1.08. The molecular weight excluding hydrogens is 310 g/mol. The first kappa shape index (κ1) is 14.8. The number of rotatable bonds is 5. The van der Waals surface area contributed by atoms with E-state index in [1.54, 1.807) is 7.11 Å². The lowest BCUT2D eigenvalue weighted by atomic mass is 10.2. The van der Waals surface area contributed by atoms with E-state index in [0.717, 1.165) is 28.9 Å². The van der Waals surface area contributed by atoms with Crippen LogP contribution in [0.5, 0.6) is 5.75 Å². The van der Waals surface area contributed by atoms with Crippen LogP contribution in [0.4, 0.5) is 0 Å². The lowest BCUT2D eigenvalue weighted by molar-refractivity contribution is -0.0717. The van der Waals surface area contributed by atoms with Gasteiger partial charge in [0.1, 0.15) is 5.75 Å². The number of halogens is 1. The molecule has 0 radical (unpaired) electrons. The van der Waals surface area contributed by atoms with Crippen molar-refractivity contribution in [3.8, 4) is 5.75 Å². The number of benzene rings is 1. The average molecular weight is 330 g/mol. The van der Waals surface area contributed by atoms with Crippen LogP contribution in [0.1, 0.15) is 12.5 Å². The van der Waals surface area contributed by atoms with E-state index < -0.39 is 0 Å². The molecule has 1 aliphatic rings. The van der Waals surface area contributed by atoms with E-state index in [2.05, 4.69) is 28.2 Å². The molecule has 1 heterocycles. The van der Waals surface area contributed by atoms with E-state index in [1.165, 1.54) is 0 Å². The van der Waals surface area contributed by atoms with Crippen LogP contribution in [0.15, 0.2) is 22.7 Å². The van der Waals surface area contributed by atoms with E-state index in [9.17, 15) is 0 Å². The highest BCUT2D eigenvalue weighted by molar-refractivity contribution is 9.10. The van der Waals surface area contributed by atoms with Crippen molar-refractivity contribution in [2.45, 2.75) is 25.7 Å². The fourth-order valence-electron chi connectivity index (χ4n) is 2.06. The van der Waals surface area contributed by atoms with E-state index in [1.807, 2.05) is 18.2 Å². The SMILES string of the molecule is COc1ccc(Br)c(COCC2CNCC(C)O2)c1. The summed E-state index contributed by atoms with van der Waals surface area (Å²) in [7, 11) is 1.66. The molecule has 1 N–H and O–H groups in total. The van der Waals surface area contributed by atoms with Crippen molar-refractivity contribution < 1.29 is 14.2 Å². The number of nitrogens with one attached hydrogen (secondary N) is 1. The molecule has 2 rings (SSSR count). The van der Waals surface area contributed by atoms with Gasteiger partial charge in [0.2, 0.25) is 0 Å². The third-order valence-electron chi connectivity index (χ3n) is 3.04. The summed E-state index contributed by atoms with van der Waals surface area (Å²) in [4.78, 5) is 0. The smallest absolute Gasteiger partial charge is 0.119 e. The minimum Gasteiger partial charge on any atom is -0.497 e. The van der Waals surface area contributed by atoms with Crippen LogP contribution in [-0.4, -0.2) is 39.0 Å².